The van der Waals surface area contributed by atoms with Gasteiger partial charge in [0.15, 0.2) is 5.58 Å². The zero-order valence-corrected chi connectivity index (χ0v) is 20.2. The molecule has 2 aromatic heterocycles. The molecule has 2 N–H and O–H groups in total. The average molecular weight is 504 g/mol. The fourth-order valence-electron chi connectivity index (χ4n) is 3.84. The minimum Gasteiger partial charge on any atom is -0.480 e. The first-order valence-electron chi connectivity index (χ1n) is 11.0. The predicted molar refractivity (Wildman–Crippen MR) is 129 cm³/mol. The summed E-state index contributed by atoms with van der Waals surface area (Å²) in [4.78, 5) is 16.6. The summed E-state index contributed by atoms with van der Waals surface area (Å²) in [5.74, 6) is -0.799. The monoisotopic (exact) mass is 503 g/mol. The van der Waals surface area contributed by atoms with E-state index in [1.165, 1.54) is 23.5 Å². The Balaban J connectivity index is 1.56. The minimum absolute atomic E-state index is 0.156. The number of hydrogen-bond donors (Lipinski definition) is 2. The molecular weight excluding hydrogens is 479 g/mol. The highest BCUT2D eigenvalue weighted by atomic mass is 32.1. The first kappa shape index (κ1) is 24.7. The van der Waals surface area contributed by atoms with Gasteiger partial charge in [0.2, 0.25) is 0 Å². The molecule has 0 atom stereocenters. The second-order valence-corrected chi connectivity index (χ2v) is 9.68. The maximum absolute atomic E-state index is 12.9. The molecule has 10 heteroatoms. The van der Waals surface area contributed by atoms with Crippen molar-refractivity contribution in [3.05, 3.63) is 63.8 Å². The van der Waals surface area contributed by atoms with E-state index in [9.17, 15) is 18.0 Å². The van der Waals surface area contributed by atoms with Gasteiger partial charge in [-0.25, -0.2) is 4.98 Å². The second kappa shape index (κ2) is 9.69. The van der Waals surface area contributed by atoms with Crippen molar-refractivity contribution < 1.29 is 27.6 Å². The number of aryl methyl sites for hydroxylation is 3. The van der Waals surface area contributed by atoms with Gasteiger partial charge >= 0.3 is 12.1 Å². The maximum atomic E-state index is 12.9. The topological polar surface area (TPSA) is 88.3 Å². The average Bonchev–Trinajstić information content (AvgIpc) is 3.39. The van der Waals surface area contributed by atoms with Gasteiger partial charge in [-0.05, 0) is 49.4 Å². The number of halogens is 3. The van der Waals surface area contributed by atoms with E-state index in [0.29, 0.717) is 34.7 Å². The highest BCUT2D eigenvalue weighted by Crippen LogP contribution is 2.35. The summed E-state index contributed by atoms with van der Waals surface area (Å²) in [6.45, 7) is 5.76. The third-order valence-corrected chi connectivity index (χ3v) is 6.82. The van der Waals surface area contributed by atoms with Crippen LogP contribution in [-0.2, 0) is 23.8 Å². The Kier molecular flexibility index (Phi) is 6.84. The van der Waals surface area contributed by atoms with Gasteiger partial charge in [0.05, 0.1) is 17.0 Å². The van der Waals surface area contributed by atoms with Crippen molar-refractivity contribution in [1.82, 2.24) is 10.1 Å². The molecule has 0 radical (unpaired) electrons. The van der Waals surface area contributed by atoms with Crippen molar-refractivity contribution in [2.45, 2.75) is 45.7 Å². The van der Waals surface area contributed by atoms with E-state index in [-0.39, 0.29) is 12.5 Å². The molecule has 0 fully saturated rings. The Hall–Kier alpha value is -3.40. The van der Waals surface area contributed by atoms with Crippen LogP contribution in [0.2, 0.25) is 0 Å². The molecular formula is C25H24F3N3O3S. The van der Waals surface area contributed by atoms with E-state index in [1.807, 2.05) is 26.8 Å². The van der Waals surface area contributed by atoms with Crippen LogP contribution in [0.3, 0.4) is 0 Å². The number of alkyl halides is 3. The fraction of sp³-hybridized carbons (Fsp3) is 0.320. The maximum Gasteiger partial charge on any atom is 0.416 e. The van der Waals surface area contributed by atoms with Crippen LogP contribution in [0.1, 0.15) is 47.2 Å². The minimum atomic E-state index is -4.37. The number of thiazole rings is 1. The Bertz CT molecular complexity index is 1360. The van der Waals surface area contributed by atoms with Crippen LogP contribution in [0, 0.1) is 6.92 Å². The molecule has 0 unspecified atom stereocenters. The summed E-state index contributed by atoms with van der Waals surface area (Å²) < 4.78 is 44.2. The molecule has 0 saturated heterocycles. The van der Waals surface area contributed by atoms with Crippen LogP contribution in [0.25, 0.3) is 21.5 Å². The number of benzene rings is 2. The van der Waals surface area contributed by atoms with E-state index in [0.717, 1.165) is 39.3 Å². The van der Waals surface area contributed by atoms with Crippen molar-refractivity contribution in [3.63, 3.8) is 0 Å². The number of rotatable bonds is 8. The lowest BCUT2D eigenvalue weighted by Crippen LogP contribution is -2.12. The number of aromatic nitrogens is 2. The van der Waals surface area contributed by atoms with Crippen LogP contribution in [0.4, 0.5) is 18.9 Å². The van der Waals surface area contributed by atoms with Crippen molar-refractivity contribution in [1.29, 1.82) is 0 Å². The molecule has 0 aliphatic carbocycles. The normalized spacial score (nSPS) is 12.0. The van der Waals surface area contributed by atoms with E-state index in [4.69, 9.17) is 14.6 Å². The Morgan fingerprint density at radius 3 is 2.51 bits per heavy atom. The van der Waals surface area contributed by atoms with Gasteiger partial charge in [-0.15, -0.1) is 11.3 Å². The molecule has 0 saturated carbocycles. The quantitative estimate of drug-likeness (QED) is 0.279. The van der Waals surface area contributed by atoms with Gasteiger partial charge in [0, 0.05) is 27.6 Å². The SMILES string of the molecule is Cc1cc2c(CCc3sc(-c4ccc(C(F)(F)F)cc4)nc3C(C)C)noc2cc1NCC(=O)O. The number of nitrogens with zero attached hydrogens (tertiary/aromatic N) is 2. The fourth-order valence-corrected chi connectivity index (χ4v) is 5.06. The lowest BCUT2D eigenvalue weighted by atomic mass is 10.0. The number of nitrogens with one attached hydrogen (secondary N) is 1. The van der Waals surface area contributed by atoms with Gasteiger partial charge in [-0.3, -0.25) is 4.79 Å². The molecule has 2 aromatic carbocycles. The third kappa shape index (κ3) is 5.48. The first-order valence-corrected chi connectivity index (χ1v) is 11.9. The summed E-state index contributed by atoms with van der Waals surface area (Å²) in [5.41, 5.74) is 3.80. The summed E-state index contributed by atoms with van der Waals surface area (Å²) in [5, 5.41) is 17.5. The van der Waals surface area contributed by atoms with Crippen LogP contribution < -0.4 is 5.32 Å². The smallest absolute Gasteiger partial charge is 0.416 e. The molecule has 6 nitrogen and oxygen atoms in total. The summed E-state index contributed by atoms with van der Waals surface area (Å²) in [6.07, 6.45) is -3.12. The van der Waals surface area contributed by atoms with Crippen LogP contribution in [-0.4, -0.2) is 27.8 Å². The lowest BCUT2D eigenvalue weighted by Gasteiger charge is -2.07. The van der Waals surface area contributed by atoms with Crippen molar-refractivity contribution in [3.8, 4) is 10.6 Å². The molecule has 35 heavy (non-hydrogen) atoms. The van der Waals surface area contributed by atoms with Gasteiger partial charge < -0.3 is 14.9 Å². The summed E-state index contributed by atoms with van der Waals surface area (Å²) in [7, 11) is 0. The standard InChI is InChI=1S/C25H24F3N3O3S/c1-13(2)23-21(35-24(30-23)15-4-6-16(7-5-15)25(26,27)28)9-8-18-17-10-14(3)19(29-12-22(32)33)11-20(17)34-31-18/h4-7,10-11,13,29H,8-9,12H2,1-3H3,(H,32,33). The van der Waals surface area contributed by atoms with E-state index >= 15 is 0 Å². The highest BCUT2D eigenvalue weighted by Gasteiger charge is 2.30. The Morgan fingerprint density at radius 1 is 1.17 bits per heavy atom. The predicted octanol–water partition coefficient (Wildman–Crippen LogP) is 6.68. The number of carbonyl (C=O) groups is 1. The van der Waals surface area contributed by atoms with Crippen LogP contribution in [0.15, 0.2) is 40.9 Å². The Morgan fingerprint density at radius 2 is 1.89 bits per heavy atom. The summed E-state index contributed by atoms with van der Waals surface area (Å²) >= 11 is 1.48. The molecule has 0 aliphatic heterocycles. The first-order chi connectivity index (χ1) is 16.5. The molecule has 4 aromatic rings. The van der Waals surface area contributed by atoms with Gasteiger partial charge in [-0.2, -0.15) is 13.2 Å². The molecule has 0 bridgehead atoms. The number of aliphatic carboxylic acids is 1. The van der Waals surface area contributed by atoms with Gasteiger partial charge in [-0.1, -0.05) is 31.1 Å². The number of anilines is 1. The number of fused-ring (bicyclic) bond motifs is 1. The van der Waals surface area contributed by atoms with Crippen LogP contribution in [0.5, 0.6) is 0 Å². The van der Waals surface area contributed by atoms with Crippen molar-refractivity contribution >= 4 is 34.0 Å². The summed E-state index contributed by atoms with van der Waals surface area (Å²) in [6, 6.07) is 8.75. The molecule has 0 amide bonds. The van der Waals surface area contributed by atoms with E-state index in [2.05, 4.69) is 10.5 Å². The second-order valence-electron chi connectivity index (χ2n) is 8.60. The molecule has 4 rings (SSSR count). The number of hydrogen-bond acceptors (Lipinski definition) is 6. The van der Waals surface area contributed by atoms with Gasteiger partial charge in [0.25, 0.3) is 0 Å². The third-order valence-electron chi connectivity index (χ3n) is 5.64. The van der Waals surface area contributed by atoms with Gasteiger partial charge in [0.1, 0.15) is 11.6 Å². The Labute approximate surface area is 203 Å². The molecule has 2 heterocycles. The lowest BCUT2D eigenvalue weighted by molar-refractivity contribution is -0.137. The highest BCUT2D eigenvalue weighted by molar-refractivity contribution is 7.15. The zero-order valence-electron chi connectivity index (χ0n) is 19.4. The van der Waals surface area contributed by atoms with Crippen molar-refractivity contribution in [2.24, 2.45) is 0 Å². The van der Waals surface area contributed by atoms with Crippen LogP contribution >= 0.6 is 11.3 Å². The molecule has 184 valence electrons. The van der Waals surface area contributed by atoms with Crippen molar-refractivity contribution in [2.75, 3.05) is 11.9 Å². The molecule has 0 aliphatic rings. The number of carboxylic acids is 1. The van der Waals surface area contributed by atoms with E-state index in [1.54, 1.807) is 6.07 Å². The largest absolute Gasteiger partial charge is 0.480 e. The van der Waals surface area contributed by atoms with E-state index < -0.39 is 17.7 Å². The zero-order chi connectivity index (χ0) is 25.3. The number of carboxylic acid groups (broad SMARTS) is 1. The molecule has 0 spiro atoms.